The summed E-state index contributed by atoms with van der Waals surface area (Å²) in [7, 11) is 1.65. The molecule has 8 nitrogen and oxygen atoms in total. The Bertz CT molecular complexity index is 827. The van der Waals surface area contributed by atoms with Crippen molar-refractivity contribution in [1.29, 1.82) is 0 Å². The van der Waals surface area contributed by atoms with Gasteiger partial charge in [0.25, 0.3) is 5.91 Å². The number of nitrogens with zero attached hydrogens (tertiary/aromatic N) is 4. The zero-order valence-corrected chi connectivity index (χ0v) is 12.6. The molecule has 2 N–H and O–H groups in total. The second-order valence-corrected chi connectivity index (χ2v) is 5.59. The maximum atomic E-state index is 12.9. The number of fused-ring (bicyclic) bond motifs is 1. The van der Waals surface area contributed by atoms with Crippen LogP contribution in [0, 0.1) is 0 Å². The van der Waals surface area contributed by atoms with E-state index in [4.69, 9.17) is 4.74 Å². The number of hydrogen-bond donors (Lipinski definition) is 2. The van der Waals surface area contributed by atoms with Crippen LogP contribution in [0.25, 0.3) is 11.0 Å². The first-order valence-corrected chi connectivity index (χ1v) is 7.37. The van der Waals surface area contributed by atoms with E-state index >= 15 is 0 Å². The quantitative estimate of drug-likeness (QED) is 0.749. The minimum Gasteiger partial charge on any atom is -0.379 e. The molecule has 1 aliphatic heterocycles. The molecule has 23 heavy (non-hydrogen) atoms. The van der Waals surface area contributed by atoms with Gasteiger partial charge in [0, 0.05) is 20.2 Å². The largest absolute Gasteiger partial charge is 0.379 e. The molecule has 3 heterocycles. The lowest BCUT2D eigenvalue weighted by Gasteiger charge is -2.16. The zero-order valence-electron chi connectivity index (χ0n) is 12.6. The van der Waals surface area contributed by atoms with Crippen LogP contribution in [0.4, 0.5) is 0 Å². The van der Waals surface area contributed by atoms with Crippen molar-refractivity contribution in [1.82, 2.24) is 30.3 Å². The standard InChI is InChI=1S/C15H16N6O2/c1-23-13-7-21(6-10(13)12-5-18-20-19-12)15(22)9-3-2-4-11-14(9)17-8-16-11/h2-5,8,10,13H,6-7H2,1H3,(H,16,17)(H,18,19,20)/t10-,13+/m0/s1. The van der Waals surface area contributed by atoms with Gasteiger partial charge in [-0.05, 0) is 12.1 Å². The second kappa shape index (κ2) is 5.47. The number of methoxy groups -OCH3 is 1. The van der Waals surface area contributed by atoms with Crippen LogP contribution in [-0.4, -0.2) is 62.5 Å². The van der Waals surface area contributed by atoms with Crippen molar-refractivity contribution in [3.63, 3.8) is 0 Å². The summed E-state index contributed by atoms with van der Waals surface area (Å²) in [5.41, 5.74) is 2.95. The van der Waals surface area contributed by atoms with Gasteiger partial charge in [0.2, 0.25) is 0 Å². The molecule has 0 radical (unpaired) electrons. The lowest BCUT2D eigenvalue weighted by atomic mass is 10.0. The first-order chi connectivity index (χ1) is 11.3. The highest BCUT2D eigenvalue weighted by Crippen LogP contribution is 2.29. The van der Waals surface area contributed by atoms with Crippen LogP contribution in [0.1, 0.15) is 22.0 Å². The van der Waals surface area contributed by atoms with Crippen molar-refractivity contribution in [3.8, 4) is 0 Å². The molecule has 1 aliphatic rings. The van der Waals surface area contributed by atoms with Crippen molar-refractivity contribution in [2.45, 2.75) is 12.0 Å². The number of hydrogen-bond acceptors (Lipinski definition) is 5. The van der Waals surface area contributed by atoms with Gasteiger partial charge in [-0.25, -0.2) is 4.98 Å². The molecule has 1 aromatic carbocycles. The highest BCUT2D eigenvalue weighted by Gasteiger charge is 2.38. The summed E-state index contributed by atoms with van der Waals surface area (Å²) in [5, 5.41) is 10.6. The monoisotopic (exact) mass is 312 g/mol. The molecule has 0 aliphatic carbocycles. The third kappa shape index (κ3) is 2.27. The Hall–Kier alpha value is -2.74. The SMILES string of the molecule is CO[C@@H]1CN(C(=O)c2cccc3[nH]cnc23)C[C@H]1c1cn[nH]n1. The molecule has 2 aromatic heterocycles. The molecule has 0 unspecified atom stereocenters. The molecule has 1 fully saturated rings. The fraction of sp³-hybridized carbons (Fsp3) is 0.333. The highest BCUT2D eigenvalue weighted by molar-refractivity contribution is 6.04. The van der Waals surface area contributed by atoms with Gasteiger partial charge in [0.1, 0.15) is 5.52 Å². The van der Waals surface area contributed by atoms with Crippen molar-refractivity contribution < 1.29 is 9.53 Å². The number of carbonyl (C=O) groups excluding carboxylic acids is 1. The number of H-pyrrole nitrogens is 2. The van der Waals surface area contributed by atoms with E-state index in [1.165, 1.54) is 0 Å². The number of ether oxygens (including phenoxy) is 1. The fourth-order valence-electron chi connectivity index (χ4n) is 3.16. The number of likely N-dealkylation sites (tertiary alicyclic amines) is 1. The molecule has 2 atom stereocenters. The van der Waals surface area contributed by atoms with Gasteiger partial charge in [-0.2, -0.15) is 15.4 Å². The maximum Gasteiger partial charge on any atom is 0.256 e. The first kappa shape index (κ1) is 13.9. The Morgan fingerprint density at radius 1 is 1.39 bits per heavy atom. The predicted octanol–water partition coefficient (Wildman–Crippen LogP) is 0.936. The number of amides is 1. The van der Waals surface area contributed by atoms with Crippen LogP contribution in [0.5, 0.6) is 0 Å². The van der Waals surface area contributed by atoms with Gasteiger partial charge in [-0.15, -0.1) is 0 Å². The summed E-state index contributed by atoms with van der Waals surface area (Å²) in [6.45, 7) is 1.07. The fourth-order valence-corrected chi connectivity index (χ4v) is 3.16. The maximum absolute atomic E-state index is 12.9. The molecule has 4 rings (SSSR count). The van der Waals surface area contributed by atoms with E-state index in [1.54, 1.807) is 30.6 Å². The number of benzene rings is 1. The lowest BCUT2D eigenvalue weighted by Crippen LogP contribution is -2.30. The Balaban J connectivity index is 1.63. The van der Waals surface area contributed by atoms with Gasteiger partial charge in [0.05, 0.1) is 41.3 Å². The lowest BCUT2D eigenvalue weighted by molar-refractivity contribution is 0.0715. The molecule has 1 saturated heterocycles. The Morgan fingerprint density at radius 2 is 2.30 bits per heavy atom. The molecule has 1 amide bonds. The van der Waals surface area contributed by atoms with Gasteiger partial charge in [-0.1, -0.05) is 6.07 Å². The van der Waals surface area contributed by atoms with E-state index in [0.717, 1.165) is 11.2 Å². The third-order valence-electron chi connectivity index (χ3n) is 4.35. The van der Waals surface area contributed by atoms with Gasteiger partial charge < -0.3 is 14.6 Å². The van der Waals surface area contributed by atoms with Crippen LogP contribution in [-0.2, 0) is 4.74 Å². The minimum atomic E-state index is -0.0950. The van der Waals surface area contributed by atoms with E-state index in [0.29, 0.717) is 24.2 Å². The molecule has 0 spiro atoms. The molecular weight excluding hydrogens is 296 g/mol. The number of carbonyl (C=O) groups is 1. The third-order valence-corrected chi connectivity index (χ3v) is 4.35. The minimum absolute atomic E-state index is 0.0149. The molecule has 3 aromatic rings. The highest BCUT2D eigenvalue weighted by atomic mass is 16.5. The van der Waals surface area contributed by atoms with Crippen molar-refractivity contribution >= 4 is 16.9 Å². The molecule has 8 heteroatoms. The second-order valence-electron chi connectivity index (χ2n) is 5.59. The number of rotatable bonds is 3. The Labute approximate surface area is 131 Å². The van der Waals surface area contributed by atoms with Gasteiger partial charge >= 0.3 is 0 Å². The van der Waals surface area contributed by atoms with Crippen LogP contribution in [0.2, 0.25) is 0 Å². The average Bonchev–Trinajstić information content (AvgIpc) is 3.31. The summed E-state index contributed by atoms with van der Waals surface area (Å²) in [6, 6.07) is 5.56. The van der Waals surface area contributed by atoms with Gasteiger partial charge in [-0.3, -0.25) is 4.79 Å². The van der Waals surface area contributed by atoms with E-state index in [-0.39, 0.29) is 17.9 Å². The summed E-state index contributed by atoms with van der Waals surface area (Å²) >= 11 is 0. The molecule has 118 valence electrons. The van der Waals surface area contributed by atoms with Crippen LogP contribution in [0.15, 0.2) is 30.7 Å². The smallest absolute Gasteiger partial charge is 0.256 e. The Morgan fingerprint density at radius 3 is 3.09 bits per heavy atom. The first-order valence-electron chi connectivity index (χ1n) is 7.37. The summed E-state index contributed by atoms with van der Waals surface area (Å²) in [5.74, 6) is -0.0307. The predicted molar refractivity (Wildman–Crippen MR) is 81.9 cm³/mol. The van der Waals surface area contributed by atoms with Crippen LogP contribution < -0.4 is 0 Å². The molecular formula is C15H16N6O2. The van der Waals surface area contributed by atoms with E-state index in [2.05, 4.69) is 25.4 Å². The molecule has 0 bridgehead atoms. The zero-order chi connectivity index (χ0) is 15.8. The average molecular weight is 312 g/mol. The van der Waals surface area contributed by atoms with Crippen molar-refractivity contribution in [2.75, 3.05) is 20.2 Å². The Kier molecular flexibility index (Phi) is 3.30. The number of nitrogens with one attached hydrogen (secondary N) is 2. The summed E-state index contributed by atoms with van der Waals surface area (Å²) in [4.78, 5) is 22.0. The van der Waals surface area contributed by atoms with E-state index in [9.17, 15) is 4.79 Å². The van der Waals surface area contributed by atoms with Gasteiger partial charge in [0.15, 0.2) is 0 Å². The number of para-hydroxylation sites is 1. The number of imidazole rings is 1. The number of aromatic nitrogens is 5. The van der Waals surface area contributed by atoms with Crippen LogP contribution >= 0.6 is 0 Å². The normalized spacial score (nSPS) is 21.2. The van der Waals surface area contributed by atoms with E-state index in [1.807, 2.05) is 12.1 Å². The van der Waals surface area contributed by atoms with Crippen LogP contribution in [0.3, 0.4) is 0 Å². The molecule has 0 saturated carbocycles. The van der Waals surface area contributed by atoms with E-state index < -0.39 is 0 Å². The van der Waals surface area contributed by atoms with Crippen molar-refractivity contribution in [2.24, 2.45) is 0 Å². The summed E-state index contributed by atoms with van der Waals surface area (Å²) in [6.07, 6.45) is 3.18. The number of aromatic amines is 2. The van der Waals surface area contributed by atoms with Crippen molar-refractivity contribution in [3.05, 3.63) is 42.0 Å². The summed E-state index contributed by atoms with van der Waals surface area (Å²) < 4.78 is 5.54. The topological polar surface area (TPSA) is 99.8 Å².